The number of amides is 1. The van der Waals surface area contributed by atoms with E-state index in [-0.39, 0.29) is 5.91 Å². The molecule has 1 aliphatic carbocycles. The Bertz CT molecular complexity index is 678. The van der Waals surface area contributed by atoms with Crippen LogP contribution in [0.5, 0.6) is 5.75 Å². The summed E-state index contributed by atoms with van der Waals surface area (Å²) in [5.41, 5.74) is 2.06. The van der Waals surface area contributed by atoms with E-state index >= 15 is 0 Å². The molecule has 1 heterocycles. The minimum atomic E-state index is 0.0523. The van der Waals surface area contributed by atoms with E-state index in [1.165, 1.54) is 37.4 Å². The first kappa shape index (κ1) is 17.5. The van der Waals surface area contributed by atoms with E-state index in [4.69, 9.17) is 17.0 Å². The van der Waals surface area contributed by atoms with Gasteiger partial charge in [-0.25, -0.2) is 0 Å². The van der Waals surface area contributed by atoms with Crippen molar-refractivity contribution in [1.82, 2.24) is 4.90 Å². The van der Waals surface area contributed by atoms with Crippen molar-refractivity contribution in [1.29, 1.82) is 0 Å². The second kappa shape index (κ2) is 7.70. The number of thiocarbonyl (C=S) groups is 1. The van der Waals surface area contributed by atoms with Crippen LogP contribution in [-0.4, -0.2) is 28.8 Å². The fourth-order valence-corrected chi connectivity index (χ4v) is 4.75. The summed E-state index contributed by atoms with van der Waals surface area (Å²) in [6, 6.07) is 5.93. The van der Waals surface area contributed by atoms with E-state index in [1.807, 2.05) is 31.2 Å². The number of rotatable bonds is 5. The first-order valence-electron chi connectivity index (χ1n) is 8.48. The van der Waals surface area contributed by atoms with Gasteiger partial charge in [0.25, 0.3) is 5.91 Å². The summed E-state index contributed by atoms with van der Waals surface area (Å²) in [4.78, 5) is 15.2. The summed E-state index contributed by atoms with van der Waals surface area (Å²) in [6.45, 7) is 2.76. The smallest absolute Gasteiger partial charge is 0.266 e. The predicted octanol–water partition coefficient (Wildman–Crippen LogP) is 4.79. The van der Waals surface area contributed by atoms with Gasteiger partial charge in [0.1, 0.15) is 10.1 Å². The first-order chi connectivity index (χ1) is 11.6. The lowest BCUT2D eigenvalue weighted by Gasteiger charge is -2.17. The lowest BCUT2D eigenvalue weighted by Crippen LogP contribution is -2.30. The first-order valence-corrected chi connectivity index (χ1v) is 9.71. The summed E-state index contributed by atoms with van der Waals surface area (Å²) >= 11 is 6.84. The third-order valence-corrected chi connectivity index (χ3v) is 6.20. The van der Waals surface area contributed by atoms with Gasteiger partial charge in [0.05, 0.1) is 12.0 Å². The number of hydrogen-bond acceptors (Lipinski definition) is 4. The van der Waals surface area contributed by atoms with Gasteiger partial charge in [0.15, 0.2) is 0 Å². The van der Waals surface area contributed by atoms with E-state index in [2.05, 4.69) is 0 Å². The standard InChI is InChI=1S/C19H23NO2S2/c1-13-11-15(7-8-16(13)22-2)12-17-18(21)20(19(23)24-17)10-9-14-5-3-4-6-14/h7-8,11-12,14H,3-6,9-10H2,1-2H3/b17-12-. The minimum absolute atomic E-state index is 0.0523. The zero-order valence-corrected chi connectivity index (χ0v) is 15.8. The quantitative estimate of drug-likeness (QED) is 0.557. The normalized spacial score (nSPS) is 20.4. The van der Waals surface area contributed by atoms with Crippen LogP contribution in [0.15, 0.2) is 23.1 Å². The van der Waals surface area contributed by atoms with Crippen LogP contribution in [0.4, 0.5) is 0 Å². The van der Waals surface area contributed by atoms with Crippen LogP contribution < -0.4 is 4.74 Å². The van der Waals surface area contributed by atoms with Gasteiger partial charge in [-0.05, 0) is 48.6 Å². The average Bonchev–Trinajstić information content (AvgIpc) is 3.15. The second-order valence-corrected chi connectivity index (χ2v) is 8.18. The van der Waals surface area contributed by atoms with E-state index in [1.54, 1.807) is 12.0 Å². The fourth-order valence-electron chi connectivity index (χ4n) is 3.45. The van der Waals surface area contributed by atoms with Crippen LogP contribution in [0.1, 0.15) is 43.2 Å². The molecule has 0 atom stereocenters. The van der Waals surface area contributed by atoms with Gasteiger partial charge < -0.3 is 4.74 Å². The molecule has 0 spiro atoms. The average molecular weight is 362 g/mol. The molecule has 0 radical (unpaired) electrons. The van der Waals surface area contributed by atoms with Crippen LogP contribution in [0.25, 0.3) is 6.08 Å². The lowest BCUT2D eigenvalue weighted by atomic mass is 10.0. The van der Waals surface area contributed by atoms with Crippen LogP contribution >= 0.6 is 24.0 Å². The van der Waals surface area contributed by atoms with Crippen LogP contribution in [0.3, 0.4) is 0 Å². The lowest BCUT2D eigenvalue weighted by molar-refractivity contribution is -0.122. The summed E-state index contributed by atoms with van der Waals surface area (Å²) in [7, 11) is 1.66. The van der Waals surface area contributed by atoms with Crippen molar-refractivity contribution in [2.45, 2.75) is 39.0 Å². The summed E-state index contributed by atoms with van der Waals surface area (Å²) in [5, 5.41) is 0. The molecule has 3 rings (SSSR count). The van der Waals surface area contributed by atoms with E-state index in [9.17, 15) is 4.79 Å². The number of hydrogen-bond donors (Lipinski definition) is 0. The largest absolute Gasteiger partial charge is 0.496 e. The molecular weight excluding hydrogens is 338 g/mol. The van der Waals surface area contributed by atoms with Crippen molar-refractivity contribution < 1.29 is 9.53 Å². The number of methoxy groups -OCH3 is 1. The third kappa shape index (κ3) is 3.83. The van der Waals surface area contributed by atoms with Gasteiger partial charge in [0, 0.05) is 6.54 Å². The highest BCUT2D eigenvalue weighted by Gasteiger charge is 2.32. The van der Waals surface area contributed by atoms with Crippen LogP contribution in [0.2, 0.25) is 0 Å². The molecule has 0 N–H and O–H groups in total. The van der Waals surface area contributed by atoms with Crippen molar-refractivity contribution in [3.63, 3.8) is 0 Å². The van der Waals surface area contributed by atoms with E-state index in [0.717, 1.165) is 40.7 Å². The summed E-state index contributed by atoms with van der Waals surface area (Å²) < 4.78 is 5.97. The summed E-state index contributed by atoms with van der Waals surface area (Å²) in [5.74, 6) is 1.68. The molecule has 2 aliphatic rings. The molecule has 0 bridgehead atoms. The summed E-state index contributed by atoms with van der Waals surface area (Å²) in [6.07, 6.45) is 8.27. The maximum absolute atomic E-state index is 12.7. The Morgan fingerprint density at radius 2 is 2.12 bits per heavy atom. The Kier molecular flexibility index (Phi) is 5.61. The van der Waals surface area contributed by atoms with E-state index < -0.39 is 0 Å². The monoisotopic (exact) mass is 361 g/mol. The highest BCUT2D eigenvalue weighted by Crippen LogP contribution is 2.35. The maximum atomic E-state index is 12.7. The van der Waals surface area contributed by atoms with Crippen molar-refractivity contribution in [2.24, 2.45) is 5.92 Å². The molecule has 1 saturated carbocycles. The maximum Gasteiger partial charge on any atom is 0.266 e. The second-order valence-electron chi connectivity index (χ2n) is 6.50. The molecule has 1 amide bonds. The highest BCUT2D eigenvalue weighted by molar-refractivity contribution is 8.26. The number of aryl methyl sites for hydroxylation is 1. The zero-order valence-electron chi connectivity index (χ0n) is 14.2. The minimum Gasteiger partial charge on any atom is -0.496 e. The zero-order chi connectivity index (χ0) is 17.1. The Morgan fingerprint density at radius 1 is 1.38 bits per heavy atom. The van der Waals surface area contributed by atoms with Gasteiger partial charge in [-0.3, -0.25) is 9.69 Å². The molecule has 5 heteroatoms. The van der Waals surface area contributed by atoms with Crippen molar-refractivity contribution in [3.8, 4) is 5.75 Å². The van der Waals surface area contributed by atoms with Crippen molar-refractivity contribution in [3.05, 3.63) is 34.2 Å². The van der Waals surface area contributed by atoms with Gasteiger partial charge in [-0.1, -0.05) is 55.7 Å². The molecule has 128 valence electrons. The number of carbonyl (C=O) groups is 1. The molecule has 0 unspecified atom stereocenters. The number of nitrogens with zero attached hydrogens (tertiary/aromatic N) is 1. The predicted molar refractivity (Wildman–Crippen MR) is 104 cm³/mol. The molecule has 1 aromatic rings. The highest BCUT2D eigenvalue weighted by atomic mass is 32.2. The molecule has 2 fully saturated rings. The number of carbonyl (C=O) groups excluding carboxylic acids is 1. The van der Waals surface area contributed by atoms with Gasteiger partial charge in [-0.2, -0.15) is 0 Å². The SMILES string of the molecule is COc1ccc(/C=C2\SC(=S)N(CCC3CCCC3)C2=O)cc1C. The third-order valence-electron chi connectivity index (χ3n) is 4.83. The van der Waals surface area contributed by atoms with Gasteiger partial charge >= 0.3 is 0 Å². The molecule has 1 aromatic carbocycles. The molecule has 3 nitrogen and oxygen atoms in total. The van der Waals surface area contributed by atoms with Crippen molar-refractivity contribution in [2.75, 3.05) is 13.7 Å². The molecule has 1 saturated heterocycles. The van der Waals surface area contributed by atoms with Crippen LogP contribution in [0, 0.1) is 12.8 Å². The molecule has 1 aliphatic heterocycles. The Balaban J connectivity index is 1.69. The Labute approximate surface area is 153 Å². The number of thioether (sulfide) groups is 1. The van der Waals surface area contributed by atoms with Gasteiger partial charge in [0.2, 0.25) is 0 Å². The number of ether oxygens (including phenoxy) is 1. The Morgan fingerprint density at radius 3 is 2.79 bits per heavy atom. The topological polar surface area (TPSA) is 29.5 Å². The van der Waals surface area contributed by atoms with Crippen LogP contribution in [-0.2, 0) is 4.79 Å². The Hall–Kier alpha value is -1.33. The fraction of sp³-hybridized carbons (Fsp3) is 0.474. The van der Waals surface area contributed by atoms with Gasteiger partial charge in [-0.15, -0.1) is 0 Å². The molecule has 24 heavy (non-hydrogen) atoms. The van der Waals surface area contributed by atoms with E-state index in [0.29, 0.717) is 4.32 Å². The molecule has 0 aromatic heterocycles. The van der Waals surface area contributed by atoms with Crippen molar-refractivity contribution >= 4 is 40.3 Å². The number of benzene rings is 1. The molecular formula is C19H23NO2S2.